The number of aryl methyl sites for hydroxylation is 1. The Morgan fingerprint density at radius 2 is 1.83 bits per heavy atom. The van der Waals surface area contributed by atoms with Gasteiger partial charge in [-0.3, -0.25) is 0 Å². The van der Waals surface area contributed by atoms with Gasteiger partial charge in [-0.1, -0.05) is 0 Å². The van der Waals surface area contributed by atoms with Crippen molar-refractivity contribution in [3.63, 3.8) is 0 Å². The van der Waals surface area contributed by atoms with E-state index in [1.54, 1.807) is 20.4 Å². The molecule has 1 fully saturated rings. The van der Waals surface area contributed by atoms with Gasteiger partial charge in [0, 0.05) is 61.7 Å². The summed E-state index contributed by atoms with van der Waals surface area (Å²) in [5.74, 6) is 1.02. The summed E-state index contributed by atoms with van der Waals surface area (Å²) < 4.78 is 27.9. The summed E-state index contributed by atoms with van der Waals surface area (Å²) in [5, 5.41) is 4.07. The maximum absolute atomic E-state index is 14.7. The molecule has 1 saturated heterocycles. The summed E-state index contributed by atoms with van der Waals surface area (Å²) >= 11 is 0. The number of rotatable bonds is 7. The van der Waals surface area contributed by atoms with Crippen molar-refractivity contribution in [2.45, 2.75) is 6.04 Å². The molecular weight excluding hydrogens is 449 g/mol. The number of nitrogens with zero attached hydrogens (tertiary/aromatic N) is 6. The van der Waals surface area contributed by atoms with Crippen molar-refractivity contribution < 1.29 is 13.9 Å². The first-order valence-electron chi connectivity index (χ1n) is 11.3. The molecule has 0 radical (unpaired) electrons. The van der Waals surface area contributed by atoms with Crippen LogP contribution in [0.1, 0.15) is 0 Å². The summed E-state index contributed by atoms with van der Waals surface area (Å²) in [6.45, 7) is 1.81. The van der Waals surface area contributed by atoms with Gasteiger partial charge in [0.2, 0.25) is 5.95 Å². The number of halogens is 1. The highest BCUT2D eigenvalue weighted by Gasteiger charge is 2.31. The highest BCUT2D eigenvalue weighted by Crippen LogP contribution is 2.41. The van der Waals surface area contributed by atoms with E-state index in [0.29, 0.717) is 28.8 Å². The largest absolute Gasteiger partial charge is 0.494 e. The van der Waals surface area contributed by atoms with Crippen LogP contribution in [0.25, 0.3) is 22.3 Å². The van der Waals surface area contributed by atoms with E-state index in [-0.39, 0.29) is 11.6 Å². The predicted molar refractivity (Wildman–Crippen MR) is 134 cm³/mol. The zero-order valence-electron chi connectivity index (χ0n) is 20.4. The first-order valence-corrected chi connectivity index (χ1v) is 11.3. The van der Waals surface area contributed by atoms with Crippen molar-refractivity contribution in [2.75, 3.05) is 51.6 Å². The molecule has 0 unspecified atom stereocenters. The van der Waals surface area contributed by atoms with Gasteiger partial charge in [-0.05, 0) is 26.2 Å². The average molecular weight is 478 g/mol. The number of benzene rings is 1. The Bertz CT molecular complexity index is 1380. The van der Waals surface area contributed by atoms with E-state index < -0.39 is 5.82 Å². The van der Waals surface area contributed by atoms with Crippen molar-refractivity contribution in [1.82, 2.24) is 24.4 Å². The van der Waals surface area contributed by atoms with Gasteiger partial charge < -0.3 is 29.2 Å². The van der Waals surface area contributed by atoms with Crippen LogP contribution in [0, 0.1) is 5.82 Å². The molecule has 1 aromatic carbocycles. The fraction of sp³-hybridized carbons (Fsp3) is 0.320. The number of ether oxygens (including phenoxy) is 2. The van der Waals surface area contributed by atoms with Crippen LogP contribution < -0.4 is 19.7 Å². The Kier molecular flexibility index (Phi) is 5.89. The molecule has 10 heteroatoms. The molecule has 0 spiro atoms. The molecule has 3 aromatic heterocycles. The van der Waals surface area contributed by atoms with E-state index in [9.17, 15) is 4.39 Å². The van der Waals surface area contributed by atoms with Gasteiger partial charge in [-0.25, -0.2) is 19.3 Å². The molecule has 0 aliphatic carbocycles. The van der Waals surface area contributed by atoms with E-state index in [0.717, 1.165) is 36.0 Å². The SMILES string of the molecule is COc1cc(N2CC(N(C)C)C2)c(OC)cc1Nc1ncc(F)c(-c2cnc3c(ccn3C)c2)n1. The van der Waals surface area contributed by atoms with Crippen LogP contribution in [0.15, 0.2) is 42.9 Å². The van der Waals surface area contributed by atoms with Crippen molar-refractivity contribution in [3.05, 3.63) is 48.7 Å². The smallest absolute Gasteiger partial charge is 0.228 e. The van der Waals surface area contributed by atoms with Crippen LogP contribution in [-0.4, -0.2) is 71.9 Å². The Hall–Kier alpha value is -3.92. The number of likely N-dealkylation sites (N-methyl/N-ethyl adjacent to an activating group) is 1. The average Bonchev–Trinajstić information content (AvgIpc) is 3.19. The topological polar surface area (TPSA) is 80.6 Å². The van der Waals surface area contributed by atoms with Gasteiger partial charge >= 0.3 is 0 Å². The number of fused-ring (bicyclic) bond motifs is 1. The molecule has 1 aliphatic rings. The van der Waals surface area contributed by atoms with Gasteiger partial charge in [-0.2, -0.15) is 0 Å². The minimum atomic E-state index is -0.527. The molecular formula is C25H28FN7O2. The van der Waals surface area contributed by atoms with Crippen molar-refractivity contribution in [2.24, 2.45) is 7.05 Å². The fourth-order valence-electron chi connectivity index (χ4n) is 4.24. The number of pyridine rings is 1. The Balaban J connectivity index is 1.45. The lowest BCUT2D eigenvalue weighted by Gasteiger charge is -2.44. The summed E-state index contributed by atoms with van der Waals surface area (Å²) in [7, 11) is 9.32. The van der Waals surface area contributed by atoms with Crippen LogP contribution in [0.4, 0.5) is 21.7 Å². The van der Waals surface area contributed by atoms with Gasteiger partial charge in [-0.15, -0.1) is 0 Å². The predicted octanol–water partition coefficient (Wildman–Crippen LogP) is 3.68. The molecule has 0 atom stereocenters. The summed E-state index contributed by atoms with van der Waals surface area (Å²) in [6.07, 6.45) is 4.68. The molecule has 35 heavy (non-hydrogen) atoms. The van der Waals surface area contributed by atoms with Crippen LogP contribution in [0.5, 0.6) is 11.5 Å². The zero-order chi connectivity index (χ0) is 24.7. The minimum Gasteiger partial charge on any atom is -0.494 e. The lowest BCUT2D eigenvalue weighted by molar-refractivity contribution is 0.245. The monoisotopic (exact) mass is 477 g/mol. The molecule has 0 bridgehead atoms. The van der Waals surface area contributed by atoms with Crippen molar-refractivity contribution >= 4 is 28.4 Å². The third-order valence-electron chi connectivity index (χ3n) is 6.41. The van der Waals surface area contributed by atoms with Gasteiger partial charge in [0.1, 0.15) is 22.8 Å². The molecule has 5 rings (SSSR count). The molecule has 4 heterocycles. The lowest BCUT2D eigenvalue weighted by Crippen LogP contribution is -2.57. The molecule has 0 amide bonds. The number of hydrogen-bond donors (Lipinski definition) is 1. The number of nitrogens with one attached hydrogen (secondary N) is 1. The Morgan fingerprint density at radius 3 is 2.54 bits per heavy atom. The normalized spacial score (nSPS) is 13.9. The molecule has 9 nitrogen and oxygen atoms in total. The fourth-order valence-corrected chi connectivity index (χ4v) is 4.24. The third kappa shape index (κ3) is 4.21. The van der Waals surface area contributed by atoms with Crippen LogP contribution in [0.3, 0.4) is 0 Å². The van der Waals surface area contributed by atoms with Crippen LogP contribution >= 0.6 is 0 Å². The first-order chi connectivity index (χ1) is 16.9. The molecule has 1 aliphatic heterocycles. The summed E-state index contributed by atoms with van der Waals surface area (Å²) in [4.78, 5) is 17.5. The number of aromatic nitrogens is 4. The van der Waals surface area contributed by atoms with E-state index in [1.165, 1.54) is 0 Å². The van der Waals surface area contributed by atoms with E-state index in [2.05, 4.69) is 44.2 Å². The Labute approximate surface area is 203 Å². The van der Waals surface area contributed by atoms with Crippen molar-refractivity contribution in [1.29, 1.82) is 0 Å². The van der Waals surface area contributed by atoms with Crippen LogP contribution in [0.2, 0.25) is 0 Å². The quantitative estimate of drug-likeness (QED) is 0.432. The summed E-state index contributed by atoms with van der Waals surface area (Å²) in [6, 6.07) is 8.08. The second kappa shape index (κ2) is 9.03. The van der Waals surface area contributed by atoms with E-state index >= 15 is 0 Å². The highest BCUT2D eigenvalue weighted by atomic mass is 19.1. The lowest BCUT2D eigenvalue weighted by atomic mass is 10.1. The minimum absolute atomic E-state index is 0.165. The second-order valence-electron chi connectivity index (χ2n) is 8.83. The van der Waals surface area contributed by atoms with Gasteiger partial charge in [0.25, 0.3) is 0 Å². The first kappa shape index (κ1) is 22.9. The zero-order valence-corrected chi connectivity index (χ0v) is 20.4. The van der Waals surface area contributed by atoms with E-state index in [1.807, 2.05) is 42.1 Å². The second-order valence-corrected chi connectivity index (χ2v) is 8.83. The summed E-state index contributed by atoms with van der Waals surface area (Å²) in [5.41, 5.74) is 3.12. The van der Waals surface area contributed by atoms with Gasteiger partial charge in [0.15, 0.2) is 5.82 Å². The maximum Gasteiger partial charge on any atom is 0.228 e. The number of anilines is 3. The molecule has 1 N–H and O–H groups in total. The molecule has 0 saturated carbocycles. The molecule has 4 aromatic rings. The number of hydrogen-bond acceptors (Lipinski definition) is 8. The Morgan fingerprint density at radius 1 is 1.06 bits per heavy atom. The molecule has 182 valence electrons. The standard InChI is InChI=1S/C25H28FN7O2/c1-31(2)17-13-33(14-17)20-10-21(34-4)19(9-22(20)35-5)29-25-28-12-18(26)23(30-25)16-8-15-6-7-32(3)24(15)27-11-16/h6-12,17H,13-14H2,1-5H3,(H,28,29,30). The van der Waals surface area contributed by atoms with E-state index in [4.69, 9.17) is 9.47 Å². The maximum atomic E-state index is 14.7. The van der Waals surface area contributed by atoms with Crippen molar-refractivity contribution in [3.8, 4) is 22.8 Å². The van der Waals surface area contributed by atoms with Crippen LogP contribution in [-0.2, 0) is 7.05 Å². The highest BCUT2D eigenvalue weighted by molar-refractivity contribution is 5.81. The van der Waals surface area contributed by atoms with Gasteiger partial charge in [0.05, 0.1) is 31.8 Å². The number of methoxy groups -OCH3 is 2. The third-order valence-corrected chi connectivity index (χ3v) is 6.41.